The summed E-state index contributed by atoms with van der Waals surface area (Å²) < 4.78 is 7.02. The molecule has 0 atom stereocenters. The van der Waals surface area contributed by atoms with Crippen LogP contribution in [0.1, 0.15) is 37.6 Å². The summed E-state index contributed by atoms with van der Waals surface area (Å²) in [6.45, 7) is 6.91. The second kappa shape index (κ2) is 6.19. The van der Waals surface area contributed by atoms with Crippen molar-refractivity contribution in [3.8, 4) is 0 Å². The van der Waals surface area contributed by atoms with Crippen LogP contribution in [0, 0.1) is 0 Å². The number of nitrogens with zero attached hydrogens (tertiary/aromatic N) is 2. The molecule has 1 aromatic heterocycles. The maximum absolute atomic E-state index is 12.5. The lowest BCUT2D eigenvalue weighted by Gasteiger charge is -2.29. The standard InChI is InChI=1S/C18H23N3O3/c1-18(2,3)24-17(23)20-10-9-14-15(12-20)19-21(16(14)22)11-13-7-5-4-6-8-13/h4-8,19H,9-12H2,1-3H3. The summed E-state index contributed by atoms with van der Waals surface area (Å²) in [5.41, 5.74) is 2.10. The molecule has 128 valence electrons. The molecule has 6 nitrogen and oxygen atoms in total. The van der Waals surface area contributed by atoms with Gasteiger partial charge >= 0.3 is 6.09 Å². The van der Waals surface area contributed by atoms with Crippen LogP contribution in [0.5, 0.6) is 0 Å². The normalized spacial score (nSPS) is 14.4. The Morgan fingerprint density at radius 1 is 1.25 bits per heavy atom. The third kappa shape index (κ3) is 3.53. The Morgan fingerprint density at radius 3 is 2.62 bits per heavy atom. The van der Waals surface area contributed by atoms with Crippen molar-refractivity contribution in [2.75, 3.05) is 6.54 Å². The predicted molar refractivity (Wildman–Crippen MR) is 90.9 cm³/mol. The molecule has 0 fully saturated rings. The number of amides is 1. The molecule has 0 spiro atoms. The van der Waals surface area contributed by atoms with E-state index in [1.165, 1.54) is 0 Å². The van der Waals surface area contributed by atoms with Gasteiger partial charge in [0, 0.05) is 12.1 Å². The van der Waals surface area contributed by atoms with E-state index in [1.807, 2.05) is 51.1 Å². The molecule has 2 aromatic rings. The van der Waals surface area contributed by atoms with E-state index in [9.17, 15) is 9.59 Å². The van der Waals surface area contributed by atoms with E-state index in [0.29, 0.717) is 26.1 Å². The Morgan fingerprint density at radius 2 is 1.96 bits per heavy atom. The Labute approximate surface area is 141 Å². The fraction of sp³-hybridized carbons (Fsp3) is 0.444. The number of aromatic nitrogens is 2. The highest BCUT2D eigenvalue weighted by Gasteiger charge is 2.28. The molecule has 0 saturated carbocycles. The average Bonchev–Trinajstić information content (AvgIpc) is 2.82. The van der Waals surface area contributed by atoms with Crippen LogP contribution in [0.3, 0.4) is 0 Å². The maximum atomic E-state index is 12.5. The third-order valence-corrected chi connectivity index (χ3v) is 3.95. The quantitative estimate of drug-likeness (QED) is 0.920. The van der Waals surface area contributed by atoms with Crippen LogP contribution >= 0.6 is 0 Å². The first-order valence-electron chi connectivity index (χ1n) is 8.16. The van der Waals surface area contributed by atoms with Crippen molar-refractivity contribution in [2.24, 2.45) is 0 Å². The minimum Gasteiger partial charge on any atom is -0.444 e. The van der Waals surface area contributed by atoms with E-state index in [4.69, 9.17) is 4.74 Å². The van der Waals surface area contributed by atoms with Gasteiger partial charge in [0.2, 0.25) is 0 Å². The minimum absolute atomic E-state index is 0.00214. The zero-order chi connectivity index (χ0) is 17.3. The van der Waals surface area contributed by atoms with E-state index in [0.717, 1.165) is 16.8 Å². The van der Waals surface area contributed by atoms with Crippen molar-refractivity contribution < 1.29 is 9.53 Å². The van der Waals surface area contributed by atoms with Crippen LogP contribution in [-0.2, 0) is 24.2 Å². The summed E-state index contributed by atoms with van der Waals surface area (Å²) in [4.78, 5) is 26.4. The lowest BCUT2D eigenvalue weighted by molar-refractivity contribution is 0.0221. The van der Waals surface area contributed by atoms with Crippen LogP contribution in [0.2, 0.25) is 0 Å². The first-order valence-corrected chi connectivity index (χ1v) is 8.16. The van der Waals surface area contributed by atoms with Gasteiger partial charge in [-0.2, -0.15) is 0 Å². The Hall–Kier alpha value is -2.50. The van der Waals surface area contributed by atoms with Gasteiger partial charge in [0.1, 0.15) is 5.60 Å². The summed E-state index contributed by atoms with van der Waals surface area (Å²) in [5.74, 6) is 0. The summed E-state index contributed by atoms with van der Waals surface area (Å²) >= 11 is 0. The third-order valence-electron chi connectivity index (χ3n) is 3.95. The van der Waals surface area contributed by atoms with Gasteiger partial charge in [0.05, 0.1) is 18.8 Å². The second-order valence-electron chi connectivity index (χ2n) is 7.10. The highest BCUT2D eigenvalue weighted by Crippen LogP contribution is 2.18. The molecule has 1 amide bonds. The molecule has 3 rings (SSSR count). The van der Waals surface area contributed by atoms with Gasteiger partial charge in [-0.1, -0.05) is 30.3 Å². The van der Waals surface area contributed by atoms with Gasteiger partial charge in [0.15, 0.2) is 0 Å². The molecule has 1 aliphatic heterocycles. The SMILES string of the molecule is CC(C)(C)OC(=O)N1CCc2c([nH]n(Cc3ccccc3)c2=O)C1. The average molecular weight is 329 g/mol. The van der Waals surface area contributed by atoms with Crippen molar-refractivity contribution >= 4 is 6.09 Å². The number of fused-ring (bicyclic) bond motifs is 1. The van der Waals surface area contributed by atoms with Crippen molar-refractivity contribution in [1.29, 1.82) is 0 Å². The van der Waals surface area contributed by atoms with Gasteiger partial charge in [-0.3, -0.25) is 9.89 Å². The summed E-state index contributed by atoms with van der Waals surface area (Å²) in [7, 11) is 0. The van der Waals surface area contributed by atoms with Crippen molar-refractivity contribution in [2.45, 2.75) is 45.9 Å². The first kappa shape index (κ1) is 16.4. The smallest absolute Gasteiger partial charge is 0.410 e. The molecule has 6 heteroatoms. The predicted octanol–water partition coefficient (Wildman–Crippen LogP) is 2.52. The molecule has 0 unspecified atom stereocenters. The first-order chi connectivity index (χ1) is 11.3. The maximum Gasteiger partial charge on any atom is 0.410 e. The Kier molecular flexibility index (Phi) is 4.22. The molecule has 1 aromatic carbocycles. The van der Waals surface area contributed by atoms with Crippen LogP contribution in [0.15, 0.2) is 35.1 Å². The molecule has 0 bridgehead atoms. The van der Waals surface area contributed by atoms with Crippen LogP contribution in [-0.4, -0.2) is 32.9 Å². The van der Waals surface area contributed by atoms with Crippen molar-refractivity contribution in [3.05, 3.63) is 57.5 Å². The fourth-order valence-electron chi connectivity index (χ4n) is 2.84. The fourth-order valence-corrected chi connectivity index (χ4v) is 2.84. The molecular weight excluding hydrogens is 306 g/mol. The number of ether oxygens (including phenoxy) is 1. The van der Waals surface area contributed by atoms with E-state index >= 15 is 0 Å². The van der Waals surface area contributed by atoms with Gasteiger partial charge in [-0.15, -0.1) is 0 Å². The lowest BCUT2D eigenvalue weighted by Crippen LogP contribution is -2.40. The number of aromatic amines is 1. The number of nitrogens with one attached hydrogen (secondary N) is 1. The zero-order valence-electron chi connectivity index (χ0n) is 14.3. The highest BCUT2D eigenvalue weighted by molar-refractivity contribution is 5.68. The Balaban J connectivity index is 1.77. The van der Waals surface area contributed by atoms with E-state index in [-0.39, 0.29) is 11.7 Å². The molecule has 0 radical (unpaired) electrons. The lowest BCUT2D eigenvalue weighted by atomic mass is 10.1. The summed E-state index contributed by atoms with van der Waals surface area (Å²) in [6, 6.07) is 9.82. The van der Waals surface area contributed by atoms with Crippen LogP contribution in [0.4, 0.5) is 4.79 Å². The largest absolute Gasteiger partial charge is 0.444 e. The molecule has 0 aliphatic carbocycles. The number of hydrogen-bond acceptors (Lipinski definition) is 3. The monoisotopic (exact) mass is 329 g/mol. The molecule has 1 N–H and O–H groups in total. The second-order valence-corrected chi connectivity index (χ2v) is 7.10. The van der Waals surface area contributed by atoms with Crippen LogP contribution in [0.25, 0.3) is 0 Å². The zero-order valence-corrected chi connectivity index (χ0v) is 14.3. The van der Waals surface area contributed by atoms with E-state index < -0.39 is 5.60 Å². The summed E-state index contributed by atoms with van der Waals surface area (Å²) in [5, 5.41) is 3.15. The van der Waals surface area contributed by atoms with Crippen LogP contribution < -0.4 is 5.56 Å². The van der Waals surface area contributed by atoms with E-state index in [2.05, 4.69) is 5.10 Å². The van der Waals surface area contributed by atoms with Gasteiger partial charge < -0.3 is 9.64 Å². The number of carbonyl (C=O) groups excluding carboxylic acids is 1. The van der Waals surface area contributed by atoms with Gasteiger partial charge in [-0.25, -0.2) is 9.48 Å². The topological polar surface area (TPSA) is 67.3 Å². The molecular formula is C18H23N3O3. The van der Waals surface area contributed by atoms with Crippen molar-refractivity contribution in [3.63, 3.8) is 0 Å². The minimum atomic E-state index is -0.524. The number of rotatable bonds is 2. The Bertz CT molecular complexity index is 784. The number of benzene rings is 1. The van der Waals surface area contributed by atoms with E-state index in [1.54, 1.807) is 9.58 Å². The molecule has 2 heterocycles. The van der Waals surface area contributed by atoms with Gasteiger partial charge in [0.25, 0.3) is 5.56 Å². The molecule has 24 heavy (non-hydrogen) atoms. The van der Waals surface area contributed by atoms with Gasteiger partial charge in [-0.05, 0) is 32.8 Å². The number of H-pyrrole nitrogens is 1. The molecule has 0 saturated heterocycles. The molecule has 1 aliphatic rings. The number of carbonyl (C=O) groups is 1. The van der Waals surface area contributed by atoms with Crippen molar-refractivity contribution in [1.82, 2.24) is 14.7 Å². The summed E-state index contributed by atoms with van der Waals surface area (Å²) in [6.07, 6.45) is 0.205. The highest BCUT2D eigenvalue weighted by atomic mass is 16.6. The number of hydrogen-bond donors (Lipinski definition) is 1.